The average molecular weight is 191 g/mol. The summed E-state index contributed by atoms with van der Waals surface area (Å²) in [6, 6.07) is -0.0143. The van der Waals surface area contributed by atoms with Gasteiger partial charge >= 0.3 is 0 Å². The Labute approximate surface area is 85.3 Å². The van der Waals surface area contributed by atoms with Crippen molar-refractivity contribution in [2.24, 2.45) is 12.8 Å². The van der Waals surface area contributed by atoms with Gasteiger partial charge < -0.3 is 5.73 Å². The van der Waals surface area contributed by atoms with E-state index in [-0.39, 0.29) is 6.04 Å². The lowest BCUT2D eigenvalue weighted by molar-refractivity contribution is 0.720. The Balaban J connectivity index is 2.71. The van der Waals surface area contributed by atoms with Crippen molar-refractivity contribution in [1.29, 1.82) is 0 Å². The van der Waals surface area contributed by atoms with Crippen molar-refractivity contribution in [3.8, 4) is 11.8 Å². The van der Waals surface area contributed by atoms with Gasteiger partial charge in [-0.25, -0.2) is 0 Å². The largest absolute Gasteiger partial charge is 0.318 e. The smallest absolute Gasteiger partial charge is 0.0750 e. The van der Waals surface area contributed by atoms with Crippen molar-refractivity contribution in [3.63, 3.8) is 0 Å². The van der Waals surface area contributed by atoms with E-state index >= 15 is 0 Å². The normalized spacial score (nSPS) is 12.0. The highest BCUT2D eigenvalue weighted by Crippen LogP contribution is 2.02. The van der Waals surface area contributed by atoms with Crippen molar-refractivity contribution < 1.29 is 0 Å². The molecular formula is C11H17N3. The fraction of sp³-hybridized carbons (Fsp3) is 0.545. The van der Waals surface area contributed by atoms with Crippen LogP contribution in [-0.4, -0.2) is 15.8 Å². The van der Waals surface area contributed by atoms with Gasteiger partial charge in [-0.3, -0.25) is 4.68 Å². The summed E-state index contributed by atoms with van der Waals surface area (Å²) in [7, 11) is 1.89. The van der Waals surface area contributed by atoms with Gasteiger partial charge in [-0.15, -0.1) is 0 Å². The van der Waals surface area contributed by atoms with Crippen LogP contribution in [0.4, 0.5) is 0 Å². The zero-order valence-electron chi connectivity index (χ0n) is 9.04. The van der Waals surface area contributed by atoms with Gasteiger partial charge in [0.25, 0.3) is 0 Å². The molecule has 0 aliphatic carbocycles. The summed E-state index contributed by atoms with van der Waals surface area (Å²) in [6.07, 6.45) is 3.94. The van der Waals surface area contributed by atoms with E-state index in [1.807, 2.05) is 20.2 Å². The van der Waals surface area contributed by atoms with Gasteiger partial charge in [-0.05, 0) is 13.3 Å². The fourth-order valence-electron chi connectivity index (χ4n) is 1.28. The maximum absolute atomic E-state index is 5.79. The molecule has 0 radical (unpaired) electrons. The third-order valence-electron chi connectivity index (χ3n) is 2.01. The van der Waals surface area contributed by atoms with Crippen LogP contribution in [0.5, 0.6) is 0 Å². The van der Waals surface area contributed by atoms with E-state index in [9.17, 15) is 0 Å². The first-order valence-electron chi connectivity index (χ1n) is 4.91. The molecule has 0 fully saturated rings. The first kappa shape index (κ1) is 10.8. The Morgan fingerprint density at radius 1 is 1.64 bits per heavy atom. The molecule has 0 saturated heterocycles. The highest BCUT2D eigenvalue weighted by atomic mass is 15.2. The third-order valence-corrected chi connectivity index (χ3v) is 2.01. The second-order valence-electron chi connectivity index (χ2n) is 3.47. The third kappa shape index (κ3) is 2.90. The summed E-state index contributed by atoms with van der Waals surface area (Å²) >= 11 is 0. The SMILES string of the molecule is CCCC(N)C#Cc1cn(C)nc1C. The molecule has 3 nitrogen and oxygen atoms in total. The van der Waals surface area contributed by atoms with Gasteiger partial charge in [-0.2, -0.15) is 5.10 Å². The van der Waals surface area contributed by atoms with E-state index in [0.717, 1.165) is 24.1 Å². The number of nitrogens with two attached hydrogens (primary N) is 1. The predicted octanol–water partition coefficient (Wildman–Crippen LogP) is 1.21. The molecule has 76 valence electrons. The quantitative estimate of drug-likeness (QED) is 0.714. The van der Waals surface area contributed by atoms with Gasteiger partial charge in [0.15, 0.2) is 0 Å². The van der Waals surface area contributed by atoms with Crippen molar-refractivity contribution in [2.45, 2.75) is 32.7 Å². The van der Waals surface area contributed by atoms with Crippen LogP contribution in [-0.2, 0) is 7.05 Å². The molecule has 0 aliphatic heterocycles. The van der Waals surface area contributed by atoms with Gasteiger partial charge in [0, 0.05) is 13.2 Å². The molecule has 1 atom stereocenters. The minimum Gasteiger partial charge on any atom is -0.318 e. The lowest BCUT2D eigenvalue weighted by atomic mass is 10.1. The number of rotatable bonds is 2. The van der Waals surface area contributed by atoms with E-state index in [1.165, 1.54) is 0 Å². The maximum atomic E-state index is 5.79. The minimum atomic E-state index is -0.0143. The highest BCUT2D eigenvalue weighted by molar-refractivity contribution is 5.36. The molecule has 2 N–H and O–H groups in total. The van der Waals surface area contributed by atoms with Crippen molar-refractivity contribution >= 4 is 0 Å². The lowest BCUT2D eigenvalue weighted by Gasteiger charge is -1.98. The molecule has 0 amide bonds. The maximum Gasteiger partial charge on any atom is 0.0750 e. The molecule has 0 bridgehead atoms. The van der Waals surface area contributed by atoms with E-state index in [0.29, 0.717) is 0 Å². The summed E-state index contributed by atoms with van der Waals surface area (Å²) in [4.78, 5) is 0. The Kier molecular flexibility index (Phi) is 3.73. The number of hydrogen-bond acceptors (Lipinski definition) is 2. The van der Waals surface area contributed by atoms with E-state index < -0.39 is 0 Å². The van der Waals surface area contributed by atoms with Crippen molar-refractivity contribution in [2.75, 3.05) is 0 Å². The summed E-state index contributed by atoms with van der Waals surface area (Å²) in [6.45, 7) is 4.06. The van der Waals surface area contributed by atoms with Crippen molar-refractivity contribution in [3.05, 3.63) is 17.5 Å². The fourth-order valence-corrected chi connectivity index (χ4v) is 1.28. The standard InChI is InChI=1S/C11H17N3/c1-4-5-11(12)7-6-10-8-14(3)13-9(10)2/h8,11H,4-5,12H2,1-3H3. The number of aryl methyl sites for hydroxylation is 2. The molecule has 1 unspecified atom stereocenters. The van der Waals surface area contributed by atoms with Crippen LogP contribution in [0.15, 0.2) is 6.20 Å². The predicted molar refractivity (Wildman–Crippen MR) is 57.7 cm³/mol. The zero-order valence-corrected chi connectivity index (χ0v) is 9.04. The molecule has 14 heavy (non-hydrogen) atoms. The van der Waals surface area contributed by atoms with Gasteiger partial charge in [0.1, 0.15) is 0 Å². The molecule has 0 spiro atoms. The van der Waals surface area contributed by atoms with Crippen LogP contribution in [0, 0.1) is 18.8 Å². The summed E-state index contributed by atoms with van der Waals surface area (Å²) in [5, 5.41) is 4.21. The first-order valence-corrected chi connectivity index (χ1v) is 4.91. The monoisotopic (exact) mass is 191 g/mol. The van der Waals surface area contributed by atoms with E-state index in [4.69, 9.17) is 5.73 Å². The topological polar surface area (TPSA) is 43.8 Å². The van der Waals surface area contributed by atoms with Crippen LogP contribution >= 0.6 is 0 Å². The van der Waals surface area contributed by atoms with E-state index in [2.05, 4.69) is 23.9 Å². The van der Waals surface area contributed by atoms with Crippen LogP contribution in [0.3, 0.4) is 0 Å². The molecule has 1 aromatic heterocycles. The van der Waals surface area contributed by atoms with Gasteiger partial charge in [0.05, 0.1) is 17.3 Å². The molecule has 0 saturated carbocycles. The van der Waals surface area contributed by atoms with Crippen LogP contribution in [0.1, 0.15) is 31.0 Å². The van der Waals surface area contributed by atoms with Crippen molar-refractivity contribution in [1.82, 2.24) is 9.78 Å². The lowest BCUT2D eigenvalue weighted by Crippen LogP contribution is -2.16. The second-order valence-corrected chi connectivity index (χ2v) is 3.47. The molecule has 1 aromatic rings. The highest BCUT2D eigenvalue weighted by Gasteiger charge is 1.99. The van der Waals surface area contributed by atoms with Gasteiger partial charge in [0.2, 0.25) is 0 Å². The Bertz CT molecular complexity index is 354. The number of nitrogens with zero attached hydrogens (tertiary/aromatic N) is 2. The zero-order chi connectivity index (χ0) is 10.6. The number of aromatic nitrogens is 2. The van der Waals surface area contributed by atoms with E-state index in [1.54, 1.807) is 4.68 Å². The van der Waals surface area contributed by atoms with Crippen LogP contribution in [0.2, 0.25) is 0 Å². The van der Waals surface area contributed by atoms with Crippen LogP contribution < -0.4 is 5.73 Å². The molecule has 0 aromatic carbocycles. The molecule has 1 rings (SSSR count). The summed E-state index contributed by atoms with van der Waals surface area (Å²) < 4.78 is 1.77. The average Bonchev–Trinajstić information content (AvgIpc) is 2.42. The Morgan fingerprint density at radius 2 is 2.36 bits per heavy atom. The molecule has 1 heterocycles. The Hall–Kier alpha value is -1.27. The second kappa shape index (κ2) is 4.83. The minimum absolute atomic E-state index is 0.0143. The van der Waals surface area contributed by atoms with Crippen LogP contribution in [0.25, 0.3) is 0 Å². The summed E-state index contributed by atoms with van der Waals surface area (Å²) in [5.74, 6) is 6.09. The molecule has 0 aliphatic rings. The Morgan fingerprint density at radius 3 is 2.86 bits per heavy atom. The number of hydrogen-bond donors (Lipinski definition) is 1. The van der Waals surface area contributed by atoms with Gasteiger partial charge in [-0.1, -0.05) is 25.2 Å². The summed E-state index contributed by atoms with van der Waals surface area (Å²) in [5.41, 5.74) is 7.72. The molecule has 3 heteroatoms. The molecular weight excluding hydrogens is 174 g/mol. The first-order chi connectivity index (χ1) is 6.63.